The number of aromatic nitrogens is 2. The predicted molar refractivity (Wildman–Crippen MR) is 93.4 cm³/mol. The van der Waals surface area contributed by atoms with Crippen LogP contribution in [0.4, 0.5) is 0 Å². The zero-order chi connectivity index (χ0) is 17.7. The first-order valence-corrected chi connectivity index (χ1v) is 10.5. The quantitative estimate of drug-likeness (QED) is 0.833. The highest BCUT2D eigenvalue weighted by Crippen LogP contribution is 2.41. The Morgan fingerprint density at radius 1 is 1.36 bits per heavy atom. The van der Waals surface area contributed by atoms with Gasteiger partial charge in [0.25, 0.3) is 0 Å². The molecule has 1 fully saturated rings. The van der Waals surface area contributed by atoms with Gasteiger partial charge in [0.2, 0.25) is 5.91 Å². The third-order valence-electron chi connectivity index (χ3n) is 5.97. The minimum atomic E-state index is -3.10. The highest BCUT2D eigenvalue weighted by Gasteiger charge is 2.45. The summed E-state index contributed by atoms with van der Waals surface area (Å²) in [5.41, 5.74) is 2.28. The number of carbonyl (C=O) groups is 1. The first kappa shape index (κ1) is 16.8. The van der Waals surface area contributed by atoms with Crippen LogP contribution in [0.1, 0.15) is 30.7 Å². The number of aromatic amines is 1. The molecule has 136 valence electrons. The van der Waals surface area contributed by atoms with Crippen LogP contribution in [0.2, 0.25) is 0 Å². The van der Waals surface area contributed by atoms with Crippen LogP contribution in [0.25, 0.3) is 0 Å². The van der Waals surface area contributed by atoms with Gasteiger partial charge in [0.1, 0.15) is 0 Å². The van der Waals surface area contributed by atoms with Gasteiger partial charge in [-0.25, -0.2) is 13.4 Å². The zero-order valence-electron chi connectivity index (χ0n) is 14.4. The van der Waals surface area contributed by atoms with Crippen molar-refractivity contribution >= 4 is 15.7 Å². The van der Waals surface area contributed by atoms with Gasteiger partial charge in [-0.3, -0.25) is 9.69 Å². The molecule has 8 heteroatoms. The Hall–Kier alpha value is -1.67. The van der Waals surface area contributed by atoms with Gasteiger partial charge in [0.15, 0.2) is 9.84 Å². The summed E-state index contributed by atoms with van der Waals surface area (Å²) in [7, 11) is -0.956. The van der Waals surface area contributed by atoms with Crippen molar-refractivity contribution in [1.82, 2.24) is 19.8 Å². The van der Waals surface area contributed by atoms with Crippen molar-refractivity contribution in [2.45, 2.75) is 31.2 Å². The Morgan fingerprint density at radius 2 is 2.12 bits per heavy atom. The van der Waals surface area contributed by atoms with Gasteiger partial charge in [-0.2, -0.15) is 0 Å². The third-order valence-corrected chi connectivity index (χ3v) is 7.44. The highest BCUT2D eigenvalue weighted by atomic mass is 32.2. The van der Waals surface area contributed by atoms with Crippen LogP contribution in [0.15, 0.2) is 17.8 Å². The molecular formula is C17H24N4O3S. The van der Waals surface area contributed by atoms with Crippen molar-refractivity contribution in [2.75, 3.05) is 32.4 Å². The number of rotatable bonds is 2. The van der Waals surface area contributed by atoms with E-state index in [0.717, 1.165) is 31.5 Å². The molecule has 1 amide bonds. The number of H-pyrrole nitrogens is 1. The molecule has 3 aliphatic heterocycles. The summed E-state index contributed by atoms with van der Waals surface area (Å²) in [5.74, 6) is -0.0541. The molecular weight excluding hydrogens is 340 g/mol. The second-order valence-corrected chi connectivity index (χ2v) is 9.37. The summed E-state index contributed by atoms with van der Waals surface area (Å²) in [5, 5.41) is 1.24. The lowest BCUT2D eigenvalue weighted by molar-refractivity contribution is -0.134. The number of carbonyl (C=O) groups excluding carboxylic acids is 1. The molecule has 0 radical (unpaired) electrons. The fraction of sp³-hybridized carbons (Fsp3) is 0.647. The number of hydrogen-bond acceptors (Lipinski definition) is 5. The van der Waals surface area contributed by atoms with E-state index in [2.05, 4.69) is 21.9 Å². The second-order valence-electron chi connectivity index (χ2n) is 7.44. The smallest absolute Gasteiger partial charge is 0.223 e. The maximum Gasteiger partial charge on any atom is 0.223 e. The monoisotopic (exact) mass is 364 g/mol. The summed E-state index contributed by atoms with van der Waals surface area (Å²) in [6.07, 6.45) is 6.43. The molecule has 1 atom stereocenters. The van der Waals surface area contributed by atoms with Crippen molar-refractivity contribution in [3.8, 4) is 0 Å². The van der Waals surface area contributed by atoms with E-state index in [9.17, 15) is 13.2 Å². The Bertz CT molecular complexity index is 806. The van der Waals surface area contributed by atoms with Crippen LogP contribution < -0.4 is 0 Å². The number of fused-ring (bicyclic) bond motifs is 2. The zero-order valence-corrected chi connectivity index (χ0v) is 15.3. The van der Waals surface area contributed by atoms with E-state index in [0.29, 0.717) is 13.1 Å². The number of piperidine rings is 1. The molecule has 3 aliphatic rings. The molecule has 25 heavy (non-hydrogen) atoms. The SMILES string of the molecule is CN1CCc2[nH]cnc2C12CCN(C(=O)C[C@H]1C=CS(=O)(=O)C1)CC2. The summed E-state index contributed by atoms with van der Waals surface area (Å²) in [6, 6.07) is 0. The Morgan fingerprint density at radius 3 is 2.80 bits per heavy atom. The summed E-state index contributed by atoms with van der Waals surface area (Å²) in [6.45, 7) is 2.38. The average Bonchev–Trinajstić information content (AvgIpc) is 3.18. The van der Waals surface area contributed by atoms with E-state index >= 15 is 0 Å². The molecule has 0 aliphatic carbocycles. The fourth-order valence-electron chi connectivity index (χ4n) is 4.45. The van der Waals surface area contributed by atoms with Crippen LogP contribution in [0.5, 0.6) is 0 Å². The topological polar surface area (TPSA) is 86.4 Å². The largest absolute Gasteiger partial charge is 0.348 e. The van der Waals surface area contributed by atoms with Gasteiger partial charge in [0.05, 0.1) is 23.3 Å². The molecule has 1 N–H and O–H groups in total. The van der Waals surface area contributed by atoms with Crippen molar-refractivity contribution < 1.29 is 13.2 Å². The molecule has 4 rings (SSSR count). The molecule has 1 aromatic heterocycles. The van der Waals surface area contributed by atoms with Crippen molar-refractivity contribution in [2.24, 2.45) is 5.92 Å². The molecule has 0 aromatic carbocycles. The first-order valence-electron chi connectivity index (χ1n) is 8.82. The maximum atomic E-state index is 12.6. The lowest BCUT2D eigenvalue weighted by Crippen LogP contribution is -2.55. The van der Waals surface area contributed by atoms with Gasteiger partial charge >= 0.3 is 0 Å². The molecule has 0 saturated carbocycles. The highest BCUT2D eigenvalue weighted by molar-refractivity contribution is 7.94. The molecule has 0 bridgehead atoms. The van der Waals surface area contributed by atoms with E-state index in [-0.39, 0.29) is 29.5 Å². The predicted octanol–water partition coefficient (Wildman–Crippen LogP) is 0.664. The number of likely N-dealkylation sites (tertiary alicyclic amines) is 1. The molecule has 1 aromatic rings. The van der Waals surface area contributed by atoms with Crippen LogP contribution in [0, 0.1) is 5.92 Å². The number of nitrogens with one attached hydrogen (secondary N) is 1. The number of amides is 1. The standard InChI is InChI=1S/C17H24N4O3S/c1-20-6-2-14-16(19-12-18-14)17(20)4-7-21(8-5-17)15(22)10-13-3-9-25(23,24)11-13/h3,9,12-13H,2,4-8,10-11H2,1H3,(H,18,19)/t13-/m1/s1. The van der Waals surface area contributed by atoms with Crippen LogP contribution >= 0.6 is 0 Å². The number of sulfone groups is 1. The summed E-state index contributed by atoms with van der Waals surface area (Å²) in [4.78, 5) is 24.7. The number of imidazole rings is 1. The molecule has 1 spiro atoms. The van der Waals surface area contributed by atoms with Crippen LogP contribution in [-0.4, -0.2) is 66.5 Å². The van der Waals surface area contributed by atoms with E-state index in [1.807, 2.05) is 4.90 Å². The first-order chi connectivity index (χ1) is 11.9. The van der Waals surface area contributed by atoms with Crippen LogP contribution in [0.3, 0.4) is 0 Å². The van der Waals surface area contributed by atoms with Gasteiger partial charge < -0.3 is 9.88 Å². The van der Waals surface area contributed by atoms with Crippen molar-refractivity contribution in [3.63, 3.8) is 0 Å². The van der Waals surface area contributed by atoms with Crippen molar-refractivity contribution in [1.29, 1.82) is 0 Å². The Kier molecular flexibility index (Phi) is 3.99. The second kappa shape index (κ2) is 5.95. The fourth-order valence-corrected chi connectivity index (χ4v) is 5.85. The van der Waals surface area contributed by atoms with Gasteiger partial charge in [-0.1, -0.05) is 6.08 Å². The van der Waals surface area contributed by atoms with E-state index < -0.39 is 9.84 Å². The molecule has 1 saturated heterocycles. The lowest BCUT2D eigenvalue weighted by Gasteiger charge is -2.49. The number of likely N-dealkylation sites (N-methyl/N-ethyl adjacent to an activating group) is 1. The van der Waals surface area contributed by atoms with E-state index in [4.69, 9.17) is 0 Å². The number of hydrogen-bond donors (Lipinski definition) is 1. The molecule has 0 unspecified atom stereocenters. The molecule has 4 heterocycles. The third kappa shape index (κ3) is 2.91. The van der Waals surface area contributed by atoms with E-state index in [1.54, 1.807) is 12.4 Å². The van der Waals surface area contributed by atoms with Gasteiger partial charge in [-0.05, 0) is 19.9 Å². The van der Waals surface area contributed by atoms with Crippen LogP contribution in [-0.2, 0) is 26.6 Å². The number of nitrogens with zero attached hydrogens (tertiary/aromatic N) is 3. The Labute approximate surface area is 148 Å². The van der Waals surface area contributed by atoms with Gasteiger partial charge in [0, 0.05) is 49.5 Å². The normalized spacial score (nSPS) is 27.6. The minimum absolute atomic E-state index is 0.0577. The maximum absolute atomic E-state index is 12.6. The number of allylic oxidation sites excluding steroid dienone is 1. The lowest BCUT2D eigenvalue weighted by atomic mass is 9.79. The van der Waals surface area contributed by atoms with E-state index in [1.165, 1.54) is 11.1 Å². The van der Waals surface area contributed by atoms with Crippen molar-refractivity contribution in [3.05, 3.63) is 29.2 Å². The van der Waals surface area contributed by atoms with Gasteiger partial charge in [-0.15, -0.1) is 0 Å². The summed E-state index contributed by atoms with van der Waals surface area (Å²) >= 11 is 0. The average molecular weight is 364 g/mol. The summed E-state index contributed by atoms with van der Waals surface area (Å²) < 4.78 is 23.0. The minimum Gasteiger partial charge on any atom is -0.348 e. The molecule has 7 nitrogen and oxygen atoms in total. The Balaban J connectivity index is 1.42.